The molecule has 1 atom stereocenters. The van der Waals surface area contributed by atoms with Crippen LogP contribution in [0.5, 0.6) is 0 Å². The molecular weight excluding hydrogens is 266 g/mol. The molecule has 0 saturated carbocycles. The maximum absolute atomic E-state index is 5.76. The Labute approximate surface area is 125 Å². The number of furan rings is 1. The zero-order valence-electron chi connectivity index (χ0n) is 12.8. The first-order valence-electron chi connectivity index (χ1n) is 7.84. The number of likely N-dealkylation sites (tertiary alicyclic amines) is 1. The van der Waals surface area contributed by atoms with Crippen molar-refractivity contribution in [2.45, 2.75) is 58.0 Å². The van der Waals surface area contributed by atoms with Gasteiger partial charge in [0.15, 0.2) is 0 Å². The number of aromatic nitrogens is 2. The second-order valence-electron chi connectivity index (χ2n) is 6.04. The van der Waals surface area contributed by atoms with Crippen molar-refractivity contribution in [3.63, 3.8) is 0 Å². The van der Waals surface area contributed by atoms with Crippen LogP contribution >= 0.6 is 0 Å². The van der Waals surface area contributed by atoms with E-state index < -0.39 is 0 Å². The summed E-state index contributed by atoms with van der Waals surface area (Å²) in [7, 11) is 0. The smallest absolute Gasteiger partial charge is 0.230 e. The molecule has 3 rings (SSSR count). The fourth-order valence-electron chi connectivity index (χ4n) is 2.90. The highest BCUT2D eigenvalue weighted by Gasteiger charge is 2.26. The van der Waals surface area contributed by atoms with E-state index in [0.29, 0.717) is 18.5 Å². The Bertz CT molecular complexity index is 548. The van der Waals surface area contributed by atoms with E-state index >= 15 is 0 Å². The van der Waals surface area contributed by atoms with Crippen molar-refractivity contribution in [3.8, 4) is 0 Å². The monoisotopic (exact) mass is 289 g/mol. The highest BCUT2D eigenvalue weighted by molar-refractivity contribution is 5.05. The van der Waals surface area contributed by atoms with E-state index in [2.05, 4.69) is 35.0 Å². The summed E-state index contributed by atoms with van der Waals surface area (Å²) in [5.41, 5.74) is 0. The maximum Gasteiger partial charge on any atom is 0.230 e. The van der Waals surface area contributed by atoms with E-state index in [1.165, 1.54) is 19.3 Å². The van der Waals surface area contributed by atoms with Crippen molar-refractivity contribution in [1.82, 2.24) is 15.1 Å². The molecule has 114 valence electrons. The van der Waals surface area contributed by atoms with Gasteiger partial charge in [0.25, 0.3) is 0 Å². The van der Waals surface area contributed by atoms with Crippen LogP contribution in [-0.4, -0.2) is 21.6 Å². The van der Waals surface area contributed by atoms with Gasteiger partial charge in [-0.25, -0.2) is 0 Å². The topological polar surface area (TPSA) is 55.3 Å². The zero-order chi connectivity index (χ0) is 14.7. The molecule has 3 heterocycles. The predicted octanol–water partition coefficient (Wildman–Crippen LogP) is 3.90. The molecule has 2 aromatic heterocycles. The Morgan fingerprint density at radius 1 is 1.29 bits per heavy atom. The second-order valence-corrected chi connectivity index (χ2v) is 6.04. The van der Waals surface area contributed by atoms with E-state index in [1.54, 1.807) is 6.26 Å². The lowest BCUT2D eigenvalue weighted by Crippen LogP contribution is -2.28. The van der Waals surface area contributed by atoms with Gasteiger partial charge in [0, 0.05) is 5.92 Å². The first-order valence-corrected chi connectivity index (χ1v) is 7.84. The van der Waals surface area contributed by atoms with Crippen LogP contribution in [0.3, 0.4) is 0 Å². The largest absolute Gasteiger partial charge is 0.468 e. The molecule has 0 bridgehead atoms. The van der Waals surface area contributed by atoms with Gasteiger partial charge in [0.05, 0.1) is 18.8 Å². The van der Waals surface area contributed by atoms with Crippen LogP contribution in [0, 0.1) is 0 Å². The molecule has 0 aliphatic carbocycles. The summed E-state index contributed by atoms with van der Waals surface area (Å²) in [5.74, 6) is 2.74. The number of rotatable bonds is 4. The van der Waals surface area contributed by atoms with Crippen molar-refractivity contribution in [1.29, 1.82) is 0 Å². The van der Waals surface area contributed by atoms with Gasteiger partial charge in [-0.05, 0) is 31.5 Å². The molecule has 2 aromatic rings. The molecule has 5 nitrogen and oxygen atoms in total. The Balaban J connectivity index is 1.76. The number of hydrogen-bond acceptors (Lipinski definition) is 5. The molecule has 0 amide bonds. The molecule has 1 aliphatic heterocycles. The van der Waals surface area contributed by atoms with Crippen LogP contribution in [0.15, 0.2) is 27.2 Å². The summed E-state index contributed by atoms with van der Waals surface area (Å²) in [6.07, 6.45) is 6.60. The first-order chi connectivity index (χ1) is 10.2. The minimum absolute atomic E-state index is 0.274. The van der Waals surface area contributed by atoms with Gasteiger partial charge in [-0.1, -0.05) is 26.7 Å². The van der Waals surface area contributed by atoms with Crippen molar-refractivity contribution in [2.75, 3.05) is 6.54 Å². The minimum Gasteiger partial charge on any atom is -0.468 e. The van der Waals surface area contributed by atoms with E-state index in [-0.39, 0.29) is 5.92 Å². The fraction of sp³-hybridized carbons (Fsp3) is 0.625. The Morgan fingerprint density at radius 3 is 2.90 bits per heavy atom. The summed E-state index contributed by atoms with van der Waals surface area (Å²) in [5, 5.41) is 8.31. The summed E-state index contributed by atoms with van der Waals surface area (Å²) in [6, 6.07) is 4.34. The molecule has 0 aromatic carbocycles. The average molecular weight is 289 g/mol. The molecule has 5 heteroatoms. The van der Waals surface area contributed by atoms with E-state index in [4.69, 9.17) is 8.83 Å². The summed E-state index contributed by atoms with van der Waals surface area (Å²) >= 11 is 0. The van der Waals surface area contributed by atoms with Crippen LogP contribution < -0.4 is 0 Å². The lowest BCUT2D eigenvalue weighted by molar-refractivity contribution is 0.153. The summed E-state index contributed by atoms with van der Waals surface area (Å²) < 4.78 is 11.4. The second kappa shape index (κ2) is 6.43. The van der Waals surface area contributed by atoms with Crippen LogP contribution in [0.1, 0.15) is 69.0 Å². The normalized spacial score (nSPS) is 20.8. The molecule has 1 unspecified atom stereocenters. The average Bonchev–Trinajstić information content (AvgIpc) is 3.09. The van der Waals surface area contributed by atoms with Gasteiger partial charge in [0.2, 0.25) is 11.8 Å². The molecule has 1 saturated heterocycles. The fourth-order valence-corrected chi connectivity index (χ4v) is 2.90. The number of hydrogen-bond donors (Lipinski definition) is 0. The minimum atomic E-state index is 0.274. The lowest BCUT2D eigenvalue weighted by atomic mass is 10.1. The van der Waals surface area contributed by atoms with Crippen molar-refractivity contribution < 1.29 is 8.83 Å². The summed E-state index contributed by atoms with van der Waals surface area (Å²) in [6.45, 7) is 5.87. The van der Waals surface area contributed by atoms with Gasteiger partial charge >= 0.3 is 0 Å². The Hall–Kier alpha value is -1.62. The van der Waals surface area contributed by atoms with Gasteiger partial charge in [-0.3, -0.25) is 4.90 Å². The zero-order valence-corrected chi connectivity index (χ0v) is 12.8. The molecule has 0 N–H and O–H groups in total. The maximum atomic E-state index is 5.76. The standard InChI is InChI=1S/C16H23N3O2/c1-12(2)16-18-17-15(21-16)11-19-9-5-3-4-7-13(19)14-8-6-10-20-14/h6,8,10,12-13H,3-5,7,9,11H2,1-2H3. The highest BCUT2D eigenvalue weighted by Crippen LogP contribution is 2.31. The Morgan fingerprint density at radius 2 is 2.19 bits per heavy atom. The van der Waals surface area contributed by atoms with Crippen molar-refractivity contribution in [3.05, 3.63) is 35.9 Å². The van der Waals surface area contributed by atoms with E-state index in [1.807, 2.05) is 6.07 Å². The molecule has 0 radical (unpaired) electrons. The highest BCUT2D eigenvalue weighted by atomic mass is 16.4. The van der Waals surface area contributed by atoms with Gasteiger partial charge in [0.1, 0.15) is 5.76 Å². The molecule has 1 aliphatic rings. The van der Waals surface area contributed by atoms with Crippen LogP contribution in [-0.2, 0) is 6.54 Å². The molecule has 21 heavy (non-hydrogen) atoms. The van der Waals surface area contributed by atoms with E-state index in [9.17, 15) is 0 Å². The summed E-state index contributed by atoms with van der Waals surface area (Å²) in [4.78, 5) is 2.41. The van der Waals surface area contributed by atoms with Crippen LogP contribution in [0.25, 0.3) is 0 Å². The quantitative estimate of drug-likeness (QED) is 0.854. The van der Waals surface area contributed by atoms with Crippen molar-refractivity contribution in [2.24, 2.45) is 0 Å². The third-order valence-electron chi connectivity index (χ3n) is 4.05. The Kier molecular flexibility index (Phi) is 4.39. The van der Waals surface area contributed by atoms with Crippen LogP contribution in [0.2, 0.25) is 0 Å². The van der Waals surface area contributed by atoms with Gasteiger partial charge in [-0.2, -0.15) is 0 Å². The SMILES string of the molecule is CC(C)c1nnc(CN2CCCCCC2c2ccco2)o1. The van der Waals surface area contributed by atoms with Gasteiger partial charge < -0.3 is 8.83 Å². The third kappa shape index (κ3) is 3.35. The van der Waals surface area contributed by atoms with Crippen LogP contribution in [0.4, 0.5) is 0 Å². The van der Waals surface area contributed by atoms with Crippen molar-refractivity contribution >= 4 is 0 Å². The number of nitrogens with zero attached hydrogens (tertiary/aromatic N) is 3. The third-order valence-corrected chi connectivity index (χ3v) is 4.05. The molecular formula is C16H23N3O2. The molecule has 0 spiro atoms. The lowest BCUT2D eigenvalue weighted by Gasteiger charge is -2.26. The molecule has 1 fully saturated rings. The predicted molar refractivity (Wildman–Crippen MR) is 78.7 cm³/mol. The first kappa shape index (κ1) is 14.3. The van der Waals surface area contributed by atoms with Gasteiger partial charge in [-0.15, -0.1) is 10.2 Å². The van der Waals surface area contributed by atoms with E-state index in [0.717, 1.165) is 24.6 Å².